The Morgan fingerprint density at radius 2 is 1.96 bits per heavy atom. The molecule has 0 aliphatic heterocycles. The van der Waals surface area contributed by atoms with Crippen molar-refractivity contribution in [2.45, 2.75) is 37.3 Å². The first-order chi connectivity index (χ1) is 11.7. The van der Waals surface area contributed by atoms with Gasteiger partial charge in [-0.05, 0) is 47.3 Å². The molecule has 2 aromatic rings. The number of carbonyl (C=O) groups is 1. The second-order valence-electron chi connectivity index (χ2n) is 6.23. The summed E-state index contributed by atoms with van der Waals surface area (Å²) < 4.78 is 40.0. The van der Waals surface area contributed by atoms with Gasteiger partial charge in [-0.1, -0.05) is 29.8 Å². The van der Waals surface area contributed by atoms with Crippen molar-refractivity contribution >= 4 is 33.3 Å². The van der Waals surface area contributed by atoms with Gasteiger partial charge in [0.25, 0.3) is 0 Å². The molecule has 0 unspecified atom stereocenters. The number of alkyl halides is 3. The lowest BCUT2D eigenvalue weighted by Gasteiger charge is -2.17. The Labute approximate surface area is 156 Å². The molecular formula is C18H14BrClF3NO. The minimum atomic E-state index is -4.54. The average molecular weight is 433 g/mol. The zero-order valence-electron chi connectivity index (χ0n) is 13.0. The molecule has 1 heterocycles. The summed E-state index contributed by atoms with van der Waals surface area (Å²) in [5.74, 6) is -0.507. The fraction of sp³-hybridized carbons (Fsp3) is 0.333. The standard InChI is InChI=1S/C18H14BrClF3NO/c19-11-9-14(20)16(24-10-11)17(7-8-17)6-5-15(25)12-3-1-2-4-13(12)18(21,22)23/h1-4,9-10H,5-8H2. The monoisotopic (exact) mass is 431 g/mol. The van der Waals surface area contributed by atoms with Gasteiger partial charge in [-0.3, -0.25) is 9.78 Å². The number of hydrogen-bond donors (Lipinski definition) is 0. The van der Waals surface area contributed by atoms with Crippen LogP contribution in [0, 0.1) is 0 Å². The summed E-state index contributed by atoms with van der Waals surface area (Å²) >= 11 is 9.54. The Morgan fingerprint density at radius 3 is 2.56 bits per heavy atom. The normalized spacial score (nSPS) is 15.9. The summed E-state index contributed by atoms with van der Waals surface area (Å²) in [5.41, 5.74) is -0.750. The lowest BCUT2D eigenvalue weighted by Crippen LogP contribution is -2.16. The Bertz CT molecular complexity index is 818. The number of pyridine rings is 1. The third-order valence-corrected chi connectivity index (χ3v) is 5.25. The van der Waals surface area contributed by atoms with Crippen LogP contribution in [0.3, 0.4) is 0 Å². The van der Waals surface area contributed by atoms with Crippen LogP contribution in [0.1, 0.15) is 47.3 Å². The first-order valence-corrected chi connectivity index (χ1v) is 8.91. The second kappa shape index (κ2) is 6.72. The van der Waals surface area contributed by atoms with Crippen LogP contribution in [0.5, 0.6) is 0 Å². The van der Waals surface area contributed by atoms with E-state index in [-0.39, 0.29) is 17.4 Å². The van der Waals surface area contributed by atoms with Gasteiger partial charge in [0.05, 0.1) is 16.3 Å². The van der Waals surface area contributed by atoms with Gasteiger partial charge in [0, 0.05) is 28.1 Å². The van der Waals surface area contributed by atoms with Crippen LogP contribution in [0.4, 0.5) is 13.2 Å². The molecule has 0 spiro atoms. The summed E-state index contributed by atoms with van der Waals surface area (Å²) in [7, 11) is 0. The molecule has 1 saturated carbocycles. The Hall–Kier alpha value is -1.40. The third kappa shape index (κ3) is 3.90. The van der Waals surface area contributed by atoms with E-state index in [1.54, 1.807) is 12.3 Å². The van der Waals surface area contributed by atoms with Crippen molar-refractivity contribution in [3.05, 3.63) is 62.8 Å². The quantitative estimate of drug-likeness (QED) is 0.526. The molecule has 0 bridgehead atoms. The molecule has 1 aromatic heterocycles. The number of ketones is 1. The highest BCUT2D eigenvalue weighted by Crippen LogP contribution is 2.53. The van der Waals surface area contributed by atoms with Crippen molar-refractivity contribution in [1.82, 2.24) is 4.98 Å². The number of halogens is 5. The maximum Gasteiger partial charge on any atom is 0.417 e. The van der Waals surface area contributed by atoms with Crippen molar-refractivity contribution in [1.29, 1.82) is 0 Å². The summed E-state index contributed by atoms with van der Waals surface area (Å²) in [6.45, 7) is 0. The van der Waals surface area contributed by atoms with Gasteiger partial charge in [-0.15, -0.1) is 0 Å². The van der Waals surface area contributed by atoms with Crippen molar-refractivity contribution in [3.8, 4) is 0 Å². The van der Waals surface area contributed by atoms with Crippen LogP contribution in [0.15, 0.2) is 41.0 Å². The average Bonchev–Trinajstić information content (AvgIpc) is 3.32. The van der Waals surface area contributed by atoms with Crippen molar-refractivity contribution in [3.63, 3.8) is 0 Å². The van der Waals surface area contributed by atoms with Crippen LogP contribution in [-0.4, -0.2) is 10.8 Å². The maximum absolute atomic E-state index is 13.1. The van der Waals surface area contributed by atoms with E-state index in [0.717, 1.165) is 23.4 Å². The zero-order valence-corrected chi connectivity index (χ0v) is 15.4. The summed E-state index contributed by atoms with van der Waals surface area (Å²) in [6.07, 6.45) is -0.777. The minimum absolute atomic E-state index is 0.0289. The molecular weight excluding hydrogens is 419 g/mol. The van der Waals surface area contributed by atoms with Crippen molar-refractivity contribution in [2.75, 3.05) is 0 Å². The molecule has 0 radical (unpaired) electrons. The smallest absolute Gasteiger partial charge is 0.294 e. The number of benzene rings is 1. The largest absolute Gasteiger partial charge is 0.417 e. The zero-order chi connectivity index (χ0) is 18.2. The number of nitrogens with zero attached hydrogens (tertiary/aromatic N) is 1. The molecule has 0 atom stereocenters. The number of Topliss-reactive ketones (excluding diaryl/α,β-unsaturated/α-hetero) is 1. The number of carbonyl (C=O) groups excluding carboxylic acids is 1. The molecule has 0 amide bonds. The Morgan fingerprint density at radius 1 is 1.28 bits per heavy atom. The molecule has 3 rings (SSSR count). The summed E-state index contributed by atoms with van der Waals surface area (Å²) in [4.78, 5) is 16.7. The van der Waals surface area contributed by atoms with E-state index in [1.807, 2.05) is 0 Å². The molecule has 1 aliphatic rings. The number of rotatable bonds is 5. The van der Waals surface area contributed by atoms with Crippen LogP contribution in [0.25, 0.3) is 0 Å². The molecule has 1 fully saturated rings. The SMILES string of the molecule is O=C(CCC1(c2ncc(Br)cc2Cl)CC1)c1ccccc1C(F)(F)F. The third-order valence-electron chi connectivity index (χ3n) is 4.53. The fourth-order valence-electron chi connectivity index (χ4n) is 3.02. The van der Waals surface area contributed by atoms with Crippen LogP contribution in [0.2, 0.25) is 5.02 Å². The van der Waals surface area contributed by atoms with Gasteiger partial charge >= 0.3 is 6.18 Å². The molecule has 0 saturated heterocycles. The van der Waals surface area contributed by atoms with Gasteiger partial charge in [0.15, 0.2) is 5.78 Å². The second-order valence-corrected chi connectivity index (χ2v) is 7.55. The van der Waals surface area contributed by atoms with Gasteiger partial charge in [0.2, 0.25) is 0 Å². The fourth-order valence-corrected chi connectivity index (χ4v) is 3.85. The van der Waals surface area contributed by atoms with E-state index in [4.69, 9.17) is 11.6 Å². The highest BCUT2D eigenvalue weighted by Gasteiger charge is 2.47. The Balaban J connectivity index is 1.77. The molecule has 2 nitrogen and oxygen atoms in total. The maximum atomic E-state index is 13.1. The van der Waals surface area contributed by atoms with Gasteiger partial charge in [0.1, 0.15) is 0 Å². The summed E-state index contributed by atoms with van der Waals surface area (Å²) in [6, 6.07) is 6.64. The molecule has 1 aliphatic carbocycles. The van der Waals surface area contributed by atoms with E-state index in [9.17, 15) is 18.0 Å². The van der Waals surface area contributed by atoms with Crippen LogP contribution >= 0.6 is 27.5 Å². The van der Waals surface area contributed by atoms with E-state index in [0.29, 0.717) is 17.1 Å². The number of hydrogen-bond acceptors (Lipinski definition) is 2. The Kier molecular flexibility index (Phi) is 4.95. The van der Waals surface area contributed by atoms with E-state index in [1.165, 1.54) is 18.2 Å². The highest BCUT2D eigenvalue weighted by molar-refractivity contribution is 9.10. The van der Waals surface area contributed by atoms with E-state index >= 15 is 0 Å². The van der Waals surface area contributed by atoms with Crippen LogP contribution < -0.4 is 0 Å². The van der Waals surface area contributed by atoms with Gasteiger partial charge in [-0.25, -0.2) is 0 Å². The minimum Gasteiger partial charge on any atom is -0.294 e. The predicted octanol–water partition coefficient (Wildman–Crippen LogP) is 6.21. The number of aromatic nitrogens is 1. The predicted molar refractivity (Wildman–Crippen MR) is 92.9 cm³/mol. The first kappa shape index (κ1) is 18.4. The highest BCUT2D eigenvalue weighted by atomic mass is 79.9. The summed E-state index contributed by atoms with van der Waals surface area (Å²) in [5, 5.41) is 0.509. The molecule has 0 N–H and O–H groups in total. The lowest BCUT2D eigenvalue weighted by molar-refractivity contribution is -0.137. The van der Waals surface area contributed by atoms with Gasteiger partial charge in [-0.2, -0.15) is 13.2 Å². The molecule has 25 heavy (non-hydrogen) atoms. The van der Waals surface area contributed by atoms with Crippen molar-refractivity contribution in [2.24, 2.45) is 0 Å². The molecule has 132 valence electrons. The molecule has 1 aromatic carbocycles. The topological polar surface area (TPSA) is 30.0 Å². The van der Waals surface area contributed by atoms with Crippen molar-refractivity contribution < 1.29 is 18.0 Å². The van der Waals surface area contributed by atoms with Gasteiger partial charge < -0.3 is 0 Å². The van der Waals surface area contributed by atoms with E-state index < -0.39 is 17.5 Å². The molecule has 7 heteroatoms. The van der Waals surface area contributed by atoms with Crippen LogP contribution in [-0.2, 0) is 11.6 Å². The van der Waals surface area contributed by atoms with E-state index in [2.05, 4.69) is 20.9 Å². The lowest BCUT2D eigenvalue weighted by atomic mass is 9.91. The first-order valence-electron chi connectivity index (χ1n) is 7.74.